The van der Waals surface area contributed by atoms with Crippen molar-refractivity contribution < 1.29 is 18.7 Å². The van der Waals surface area contributed by atoms with Crippen LogP contribution in [0, 0.1) is 5.82 Å². The number of urea groups is 1. The summed E-state index contributed by atoms with van der Waals surface area (Å²) in [5.74, 6) is -0.785. The molecule has 2 aromatic rings. The van der Waals surface area contributed by atoms with Crippen LogP contribution in [0.2, 0.25) is 5.02 Å². The molecule has 168 valence electrons. The summed E-state index contributed by atoms with van der Waals surface area (Å²) in [6.45, 7) is 2.90. The monoisotopic (exact) mass is 458 g/mol. The Balaban J connectivity index is 1.56. The van der Waals surface area contributed by atoms with Gasteiger partial charge in [0.05, 0.1) is 24.4 Å². The average molecular weight is 459 g/mol. The number of piperazine rings is 1. The van der Waals surface area contributed by atoms with Gasteiger partial charge in [0, 0.05) is 43.4 Å². The molecular weight excluding hydrogens is 435 g/mol. The number of anilines is 1. The smallest absolute Gasteiger partial charge is 0.338 e. The molecule has 2 aliphatic heterocycles. The molecular formula is C23H24ClFN4O3. The highest BCUT2D eigenvalue weighted by atomic mass is 35.5. The molecule has 2 N–H and O–H groups in total. The molecule has 0 aliphatic carbocycles. The summed E-state index contributed by atoms with van der Waals surface area (Å²) < 4.78 is 19.1. The number of hydrogen-bond acceptors (Lipinski definition) is 5. The van der Waals surface area contributed by atoms with Crippen LogP contribution in [-0.4, -0.2) is 56.7 Å². The number of nitrogens with zero attached hydrogens (tertiary/aromatic N) is 2. The highest BCUT2D eigenvalue weighted by Crippen LogP contribution is 2.32. The minimum atomic E-state index is -0.723. The highest BCUT2D eigenvalue weighted by Gasteiger charge is 2.35. The van der Waals surface area contributed by atoms with E-state index >= 15 is 0 Å². The Morgan fingerprint density at radius 1 is 1.12 bits per heavy atom. The zero-order valence-electron chi connectivity index (χ0n) is 17.6. The Labute approximate surface area is 190 Å². The lowest BCUT2D eigenvalue weighted by Gasteiger charge is -2.38. The van der Waals surface area contributed by atoms with Crippen LogP contribution in [0.4, 0.5) is 14.9 Å². The standard InChI is InChI=1S/C23H24ClFN4O3/c1-32-22(30)20-18(26-23(31)27-21(20)15-6-2-3-7-16(15)24)14-28-10-12-29(13-11-28)19-9-5-4-8-17(19)25/h2-9,21H,10-14H2,1H3,(H2,26,27,31)/t21-/m0/s1. The van der Waals surface area contributed by atoms with E-state index in [0.29, 0.717) is 60.3 Å². The van der Waals surface area contributed by atoms with Crippen molar-refractivity contribution in [1.82, 2.24) is 15.5 Å². The van der Waals surface area contributed by atoms with Crippen molar-refractivity contribution in [2.75, 3.05) is 44.7 Å². The predicted octanol–water partition coefficient (Wildman–Crippen LogP) is 3.08. The number of amides is 2. The molecule has 2 amide bonds. The lowest BCUT2D eigenvalue weighted by Crippen LogP contribution is -2.52. The molecule has 0 bridgehead atoms. The fourth-order valence-corrected chi connectivity index (χ4v) is 4.36. The van der Waals surface area contributed by atoms with E-state index in [4.69, 9.17) is 16.3 Å². The van der Waals surface area contributed by atoms with Gasteiger partial charge in [0.1, 0.15) is 5.82 Å². The molecule has 2 aromatic carbocycles. The van der Waals surface area contributed by atoms with Crippen LogP contribution in [0.3, 0.4) is 0 Å². The third-order valence-electron chi connectivity index (χ3n) is 5.72. The number of rotatable bonds is 5. The van der Waals surface area contributed by atoms with E-state index in [9.17, 15) is 14.0 Å². The molecule has 0 aromatic heterocycles. The molecule has 9 heteroatoms. The van der Waals surface area contributed by atoms with Crippen LogP contribution >= 0.6 is 11.6 Å². The van der Waals surface area contributed by atoms with Gasteiger partial charge in [-0.1, -0.05) is 41.9 Å². The van der Waals surface area contributed by atoms with Gasteiger partial charge in [-0.25, -0.2) is 14.0 Å². The van der Waals surface area contributed by atoms with E-state index in [1.54, 1.807) is 36.4 Å². The number of methoxy groups -OCH3 is 1. The number of carbonyl (C=O) groups excluding carboxylic acids is 2. The van der Waals surface area contributed by atoms with Gasteiger partial charge in [-0.05, 0) is 23.8 Å². The van der Waals surface area contributed by atoms with Crippen molar-refractivity contribution >= 4 is 29.3 Å². The van der Waals surface area contributed by atoms with Crippen LogP contribution in [0.15, 0.2) is 59.8 Å². The van der Waals surface area contributed by atoms with Gasteiger partial charge in [0.15, 0.2) is 0 Å². The topological polar surface area (TPSA) is 73.9 Å². The van der Waals surface area contributed by atoms with Gasteiger partial charge >= 0.3 is 12.0 Å². The van der Waals surface area contributed by atoms with E-state index in [1.165, 1.54) is 13.2 Å². The van der Waals surface area contributed by atoms with Crippen LogP contribution in [0.5, 0.6) is 0 Å². The van der Waals surface area contributed by atoms with Crippen molar-refractivity contribution in [2.24, 2.45) is 0 Å². The van der Waals surface area contributed by atoms with Crippen molar-refractivity contribution in [2.45, 2.75) is 6.04 Å². The van der Waals surface area contributed by atoms with Crippen LogP contribution < -0.4 is 15.5 Å². The maximum absolute atomic E-state index is 14.1. The molecule has 1 atom stereocenters. The van der Waals surface area contributed by atoms with E-state index < -0.39 is 18.0 Å². The lowest BCUT2D eigenvalue weighted by atomic mass is 9.95. The van der Waals surface area contributed by atoms with E-state index in [2.05, 4.69) is 15.5 Å². The molecule has 2 aliphatic rings. The first-order chi connectivity index (χ1) is 15.5. The Kier molecular flexibility index (Phi) is 6.62. The van der Waals surface area contributed by atoms with Crippen LogP contribution in [-0.2, 0) is 9.53 Å². The molecule has 32 heavy (non-hydrogen) atoms. The summed E-state index contributed by atoms with van der Waals surface area (Å²) in [6.07, 6.45) is 0. The molecule has 0 spiro atoms. The number of hydrogen-bond donors (Lipinski definition) is 2. The molecule has 1 saturated heterocycles. The number of ether oxygens (including phenoxy) is 1. The predicted molar refractivity (Wildman–Crippen MR) is 120 cm³/mol. The number of carbonyl (C=O) groups is 2. The molecule has 7 nitrogen and oxygen atoms in total. The van der Waals surface area contributed by atoms with E-state index in [-0.39, 0.29) is 5.82 Å². The summed E-state index contributed by atoms with van der Waals surface area (Å²) in [4.78, 5) is 29.2. The van der Waals surface area contributed by atoms with Gasteiger partial charge in [0.25, 0.3) is 0 Å². The third kappa shape index (κ3) is 4.56. The fraction of sp³-hybridized carbons (Fsp3) is 0.304. The van der Waals surface area contributed by atoms with Crippen molar-refractivity contribution in [3.63, 3.8) is 0 Å². The number of esters is 1. The zero-order chi connectivity index (χ0) is 22.7. The Morgan fingerprint density at radius 2 is 1.81 bits per heavy atom. The summed E-state index contributed by atoms with van der Waals surface area (Å²) in [5.41, 5.74) is 1.99. The van der Waals surface area contributed by atoms with Crippen molar-refractivity contribution in [3.8, 4) is 0 Å². The second kappa shape index (κ2) is 9.58. The zero-order valence-corrected chi connectivity index (χ0v) is 18.4. The van der Waals surface area contributed by atoms with Gasteiger partial charge in [0.2, 0.25) is 0 Å². The van der Waals surface area contributed by atoms with Crippen LogP contribution in [0.1, 0.15) is 11.6 Å². The van der Waals surface area contributed by atoms with E-state index in [0.717, 1.165) is 0 Å². The molecule has 0 unspecified atom stereocenters. The number of nitrogens with one attached hydrogen (secondary N) is 2. The normalized spacial score (nSPS) is 19.4. The van der Waals surface area contributed by atoms with Crippen LogP contribution in [0.25, 0.3) is 0 Å². The Morgan fingerprint density at radius 3 is 2.50 bits per heavy atom. The fourth-order valence-electron chi connectivity index (χ4n) is 4.11. The summed E-state index contributed by atoms with van der Waals surface area (Å²) in [6, 6.07) is 12.6. The number of halogens is 2. The largest absolute Gasteiger partial charge is 0.466 e. The molecule has 2 heterocycles. The average Bonchev–Trinajstić information content (AvgIpc) is 2.79. The summed E-state index contributed by atoms with van der Waals surface area (Å²) in [5, 5.41) is 5.99. The molecule has 4 rings (SSSR count). The first-order valence-electron chi connectivity index (χ1n) is 10.3. The van der Waals surface area contributed by atoms with E-state index in [1.807, 2.05) is 11.0 Å². The van der Waals surface area contributed by atoms with Crippen molar-refractivity contribution in [3.05, 3.63) is 76.2 Å². The summed E-state index contributed by atoms with van der Waals surface area (Å²) >= 11 is 6.35. The Hall–Kier alpha value is -3.10. The minimum Gasteiger partial charge on any atom is -0.466 e. The van der Waals surface area contributed by atoms with Gasteiger partial charge in [-0.2, -0.15) is 0 Å². The molecule has 0 radical (unpaired) electrons. The van der Waals surface area contributed by atoms with Gasteiger partial charge < -0.3 is 20.3 Å². The Bertz CT molecular complexity index is 1050. The first kappa shape index (κ1) is 22.1. The second-order valence-electron chi connectivity index (χ2n) is 7.65. The summed E-state index contributed by atoms with van der Waals surface area (Å²) in [7, 11) is 1.31. The molecule has 0 saturated carbocycles. The number of para-hydroxylation sites is 1. The van der Waals surface area contributed by atoms with Gasteiger partial charge in [-0.15, -0.1) is 0 Å². The highest BCUT2D eigenvalue weighted by molar-refractivity contribution is 6.31. The maximum Gasteiger partial charge on any atom is 0.338 e. The third-order valence-corrected chi connectivity index (χ3v) is 6.07. The molecule has 1 fully saturated rings. The second-order valence-corrected chi connectivity index (χ2v) is 8.06. The lowest BCUT2D eigenvalue weighted by molar-refractivity contribution is -0.136. The number of benzene rings is 2. The maximum atomic E-state index is 14.1. The first-order valence-corrected chi connectivity index (χ1v) is 10.7. The van der Waals surface area contributed by atoms with Crippen molar-refractivity contribution in [1.29, 1.82) is 0 Å². The SMILES string of the molecule is COC(=O)C1=C(CN2CCN(c3ccccc3F)CC2)NC(=O)N[C@H]1c1ccccc1Cl. The quantitative estimate of drug-likeness (QED) is 0.674. The minimum absolute atomic E-state index is 0.246. The van der Waals surface area contributed by atoms with Gasteiger partial charge in [-0.3, -0.25) is 4.90 Å².